The van der Waals surface area contributed by atoms with Crippen LogP contribution in [0.15, 0.2) is 0 Å². The summed E-state index contributed by atoms with van der Waals surface area (Å²) in [6, 6.07) is -0.239. The summed E-state index contributed by atoms with van der Waals surface area (Å²) in [4.78, 5) is 23.2. The molecule has 4 nitrogen and oxygen atoms in total. The van der Waals surface area contributed by atoms with E-state index < -0.39 is 11.7 Å². The molecule has 106 valence electrons. The van der Waals surface area contributed by atoms with Crippen molar-refractivity contribution in [3.8, 4) is 0 Å². The van der Waals surface area contributed by atoms with Gasteiger partial charge < -0.3 is 10.1 Å². The Bertz CT molecular complexity index is 302. The Balaban J connectivity index is 4.61. The lowest BCUT2D eigenvalue weighted by molar-refractivity contribution is -0.117. The molecule has 0 spiro atoms. The highest BCUT2D eigenvalue weighted by Gasteiger charge is 2.29. The Morgan fingerprint density at radius 2 is 1.67 bits per heavy atom. The van der Waals surface area contributed by atoms with Crippen molar-refractivity contribution < 1.29 is 14.3 Å². The standard InChI is InChI=1S/C13H24BrNO3/c1-12(2,3)10(7-9(16)8-14)15-11(17)18-13(4,5)6/h10H,7-8H2,1-6H3,(H,15,17)/t10-/m0/s1. The largest absolute Gasteiger partial charge is 0.444 e. The van der Waals surface area contributed by atoms with Crippen LogP contribution >= 0.6 is 15.9 Å². The minimum absolute atomic E-state index is 0.0611. The van der Waals surface area contributed by atoms with Gasteiger partial charge in [0.25, 0.3) is 0 Å². The number of carbonyl (C=O) groups is 2. The molecule has 0 aromatic rings. The molecule has 0 aliphatic heterocycles. The van der Waals surface area contributed by atoms with E-state index in [0.717, 1.165) is 0 Å². The van der Waals surface area contributed by atoms with Gasteiger partial charge in [0.1, 0.15) is 11.4 Å². The van der Waals surface area contributed by atoms with E-state index in [2.05, 4.69) is 21.2 Å². The SMILES string of the molecule is CC(C)(C)OC(=O)N[C@@H](CC(=O)CBr)C(C)(C)C. The van der Waals surface area contributed by atoms with Crippen molar-refractivity contribution >= 4 is 27.8 Å². The first kappa shape index (κ1) is 17.4. The number of alkyl carbamates (subject to hydrolysis) is 1. The lowest BCUT2D eigenvalue weighted by Gasteiger charge is -2.32. The average Bonchev–Trinajstić information content (AvgIpc) is 2.11. The highest BCUT2D eigenvalue weighted by molar-refractivity contribution is 9.09. The Kier molecular flexibility index (Phi) is 6.34. The van der Waals surface area contributed by atoms with Crippen LogP contribution in [0, 0.1) is 5.41 Å². The molecule has 0 aliphatic carbocycles. The third-order valence-electron chi connectivity index (χ3n) is 2.32. The molecule has 0 heterocycles. The van der Waals surface area contributed by atoms with E-state index in [9.17, 15) is 9.59 Å². The van der Waals surface area contributed by atoms with Gasteiger partial charge in [-0.15, -0.1) is 0 Å². The molecule has 18 heavy (non-hydrogen) atoms. The Hall–Kier alpha value is -0.580. The summed E-state index contributed by atoms with van der Waals surface area (Å²) in [5.41, 5.74) is -0.735. The van der Waals surface area contributed by atoms with Crippen molar-refractivity contribution in [2.24, 2.45) is 5.41 Å². The number of ketones is 1. The maximum absolute atomic E-state index is 11.7. The molecule has 1 atom stereocenters. The molecule has 0 aromatic heterocycles. The van der Waals surface area contributed by atoms with Crippen LogP contribution in [0.1, 0.15) is 48.0 Å². The first-order chi connectivity index (χ1) is 7.95. The maximum atomic E-state index is 11.7. The van der Waals surface area contributed by atoms with Crippen molar-refractivity contribution in [2.75, 3.05) is 5.33 Å². The second kappa shape index (κ2) is 6.55. The lowest BCUT2D eigenvalue weighted by Crippen LogP contribution is -2.47. The third kappa shape index (κ3) is 7.69. The van der Waals surface area contributed by atoms with E-state index >= 15 is 0 Å². The van der Waals surface area contributed by atoms with Gasteiger partial charge in [0.2, 0.25) is 0 Å². The summed E-state index contributed by atoms with van der Waals surface area (Å²) in [6.45, 7) is 11.4. The normalized spacial score (nSPS) is 13.9. The van der Waals surface area contributed by atoms with Crippen LogP contribution in [-0.4, -0.2) is 28.8 Å². The highest BCUT2D eigenvalue weighted by atomic mass is 79.9. The molecule has 0 saturated heterocycles. The van der Waals surface area contributed by atoms with E-state index in [1.165, 1.54) is 0 Å². The number of rotatable bonds is 4. The van der Waals surface area contributed by atoms with Crippen LogP contribution in [0.3, 0.4) is 0 Å². The van der Waals surface area contributed by atoms with Gasteiger partial charge in [-0.2, -0.15) is 0 Å². The van der Waals surface area contributed by atoms with Gasteiger partial charge in [0, 0.05) is 12.5 Å². The number of Topliss-reactive ketones (excluding diaryl/α,β-unsaturated/α-hetero) is 1. The molecule has 0 aliphatic rings. The molecule has 0 unspecified atom stereocenters. The Labute approximate surface area is 118 Å². The molecule has 0 rings (SSSR count). The molecule has 1 N–H and O–H groups in total. The first-order valence-corrected chi connectivity index (χ1v) is 7.15. The monoisotopic (exact) mass is 321 g/mol. The lowest BCUT2D eigenvalue weighted by atomic mass is 9.84. The van der Waals surface area contributed by atoms with Crippen LogP contribution in [0.5, 0.6) is 0 Å². The number of carbonyl (C=O) groups excluding carboxylic acids is 2. The maximum Gasteiger partial charge on any atom is 0.407 e. The summed E-state index contributed by atoms with van der Waals surface area (Å²) in [7, 11) is 0. The third-order valence-corrected chi connectivity index (χ3v) is 2.94. The van der Waals surface area contributed by atoms with E-state index in [0.29, 0.717) is 11.8 Å². The van der Waals surface area contributed by atoms with Gasteiger partial charge in [-0.1, -0.05) is 36.7 Å². The molecular formula is C13H24BrNO3. The van der Waals surface area contributed by atoms with Crippen molar-refractivity contribution in [3.63, 3.8) is 0 Å². The van der Waals surface area contributed by atoms with E-state index in [-0.39, 0.29) is 17.2 Å². The fourth-order valence-corrected chi connectivity index (χ4v) is 1.53. The Morgan fingerprint density at radius 1 is 1.17 bits per heavy atom. The molecule has 1 amide bonds. The second-order valence-corrected chi connectivity index (χ2v) is 7.00. The summed E-state index contributed by atoms with van der Waals surface area (Å²) in [5, 5.41) is 3.08. The predicted octanol–water partition coefficient (Wildman–Crippen LogP) is 3.28. The van der Waals surface area contributed by atoms with Gasteiger partial charge in [-0.05, 0) is 26.2 Å². The fraction of sp³-hybridized carbons (Fsp3) is 0.846. The molecule has 0 aromatic carbocycles. The minimum Gasteiger partial charge on any atom is -0.444 e. The van der Waals surface area contributed by atoms with Crippen molar-refractivity contribution in [2.45, 2.75) is 59.6 Å². The van der Waals surface area contributed by atoms with Gasteiger partial charge in [-0.25, -0.2) is 4.79 Å². The molecular weight excluding hydrogens is 298 g/mol. The number of hydrogen-bond donors (Lipinski definition) is 1. The molecule has 0 fully saturated rings. The van der Waals surface area contributed by atoms with Crippen LogP contribution in [-0.2, 0) is 9.53 Å². The average molecular weight is 322 g/mol. The van der Waals surface area contributed by atoms with E-state index in [4.69, 9.17) is 4.74 Å². The zero-order valence-corrected chi connectivity index (χ0v) is 13.7. The number of nitrogens with one attached hydrogen (secondary N) is 1. The van der Waals surface area contributed by atoms with E-state index in [1.54, 1.807) is 0 Å². The zero-order valence-electron chi connectivity index (χ0n) is 12.1. The number of hydrogen-bond acceptors (Lipinski definition) is 3. The summed E-state index contributed by atoms with van der Waals surface area (Å²) in [5.74, 6) is 0.0611. The van der Waals surface area contributed by atoms with Gasteiger partial charge in [0.15, 0.2) is 0 Å². The van der Waals surface area contributed by atoms with Gasteiger partial charge in [0.05, 0.1) is 5.33 Å². The Morgan fingerprint density at radius 3 is 2.00 bits per heavy atom. The molecule has 0 radical (unpaired) electrons. The first-order valence-electron chi connectivity index (χ1n) is 6.03. The van der Waals surface area contributed by atoms with Crippen molar-refractivity contribution in [1.29, 1.82) is 0 Å². The number of halogens is 1. The summed E-state index contributed by atoms with van der Waals surface area (Å²) >= 11 is 3.13. The smallest absolute Gasteiger partial charge is 0.407 e. The summed E-state index contributed by atoms with van der Waals surface area (Å²) < 4.78 is 5.21. The summed E-state index contributed by atoms with van der Waals surface area (Å²) in [6.07, 6.45) is -0.182. The predicted molar refractivity (Wildman–Crippen MR) is 76.0 cm³/mol. The highest BCUT2D eigenvalue weighted by Crippen LogP contribution is 2.23. The number of alkyl halides is 1. The van der Waals surface area contributed by atoms with Crippen molar-refractivity contribution in [1.82, 2.24) is 5.32 Å². The zero-order chi connectivity index (χ0) is 14.6. The fourth-order valence-electron chi connectivity index (χ4n) is 1.31. The van der Waals surface area contributed by atoms with Crippen LogP contribution in [0.2, 0.25) is 0 Å². The topological polar surface area (TPSA) is 55.4 Å². The number of ether oxygens (including phenoxy) is 1. The van der Waals surface area contributed by atoms with Crippen LogP contribution < -0.4 is 5.32 Å². The van der Waals surface area contributed by atoms with Gasteiger partial charge >= 0.3 is 6.09 Å². The van der Waals surface area contributed by atoms with Crippen LogP contribution in [0.25, 0.3) is 0 Å². The number of amides is 1. The van der Waals surface area contributed by atoms with E-state index in [1.807, 2.05) is 41.5 Å². The molecule has 5 heteroatoms. The quantitative estimate of drug-likeness (QED) is 0.808. The van der Waals surface area contributed by atoms with Crippen molar-refractivity contribution in [3.05, 3.63) is 0 Å². The second-order valence-electron chi connectivity index (χ2n) is 6.44. The molecule has 0 saturated carbocycles. The van der Waals surface area contributed by atoms with Crippen LogP contribution in [0.4, 0.5) is 4.79 Å². The minimum atomic E-state index is -0.536. The van der Waals surface area contributed by atoms with Gasteiger partial charge in [-0.3, -0.25) is 4.79 Å². The molecule has 0 bridgehead atoms.